The Morgan fingerprint density at radius 3 is 2.03 bits per heavy atom. The van der Waals surface area contributed by atoms with Crippen LogP contribution in [0.1, 0.15) is 23.6 Å². The van der Waals surface area contributed by atoms with Gasteiger partial charge in [-0.05, 0) is 35.3 Å². The van der Waals surface area contributed by atoms with Crippen LogP contribution in [0, 0.1) is 10.1 Å². The minimum Gasteiger partial charge on any atom is -0.258 e. The van der Waals surface area contributed by atoms with Crippen LogP contribution < -0.4 is 4.72 Å². The van der Waals surface area contributed by atoms with Crippen LogP contribution in [0.5, 0.6) is 0 Å². The van der Waals surface area contributed by atoms with E-state index in [2.05, 4.69) is 11.3 Å². The Bertz CT molecular complexity index is 1100. The lowest BCUT2D eigenvalue weighted by Crippen LogP contribution is -2.29. The molecule has 0 aliphatic rings. The summed E-state index contributed by atoms with van der Waals surface area (Å²) in [5.41, 5.74) is 2.37. The number of rotatable bonds is 8. The zero-order valence-electron chi connectivity index (χ0n) is 15.6. The number of non-ortho nitro benzene ring substituents is 1. The molecule has 7 heteroatoms. The van der Waals surface area contributed by atoms with Gasteiger partial charge < -0.3 is 0 Å². The number of sulfonamides is 1. The molecule has 0 aromatic heterocycles. The Balaban J connectivity index is 1.88. The molecule has 0 saturated carbocycles. The van der Waals surface area contributed by atoms with Gasteiger partial charge in [-0.1, -0.05) is 67.2 Å². The summed E-state index contributed by atoms with van der Waals surface area (Å²) in [6.45, 7) is 4.11. The summed E-state index contributed by atoms with van der Waals surface area (Å²) in [5.74, 6) is 0. The van der Waals surface area contributed by atoms with E-state index in [1.54, 1.807) is 0 Å². The molecule has 0 fully saturated rings. The molecule has 0 heterocycles. The molecule has 0 radical (unpaired) electrons. The molecule has 0 spiro atoms. The second-order valence-corrected chi connectivity index (χ2v) is 8.22. The molecule has 3 aromatic carbocycles. The smallest absolute Gasteiger partial charge is 0.258 e. The molecule has 3 aromatic rings. The van der Waals surface area contributed by atoms with Crippen molar-refractivity contribution in [2.45, 2.75) is 17.4 Å². The van der Waals surface area contributed by atoms with Gasteiger partial charge >= 0.3 is 0 Å². The molecule has 148 valence electrons. The zero-order valence-corrected chi connectivity index (χ0v) is 16.4. The Morgan fingerprint density at radius 2 is 1.48 bits per heavy atom. The molecule has 6 nitrogen and oxygen atoms in total. The lowest BCUT2D eigenvalue weighted by Gasteiger charge is -2.21. The topological polar surface area (TPSA) is 89.3 Å². The molecule has 0 saturated heterocycles. The number of benzene rings is 3. The van der Waals surface area contributed by atoms with Crippen molar-refractivity contribution in [1.82, 2.24) is 4.72 Å². The third-order valence-electron chi connectivity index (χ3n) is 4.49. The summed E-state index contributed by atoms with van der Waals surface area (Å²) in [6, 6.07) is 23.1. The maximum Gasteiger partial charge on any atom is 0.269 e. The standard InChI is InChI=1S/C22H20N2O4S/c1-17(18-8-4-2-5-9-18)16-22(19-10-6-3-7-11-19)23-29(27,28)21-14-12-20(13-15-21)24(25)26/h2-15,22-23H,1,16H2. The van der Waals surface area contributed by atoms with E-state index in [0.29, 0.717) is 6.42 Å². The van der Waals surface area contributed by atoms with Crippen LogP contribution in [0.25, 0.3) is 5.57 Å². The van der Waals surface area contributed by atoms with Crippen molar-refractivity contribution in [2.75, 3.05) is 0 Å². The Hall–Kier alpha value is -3.29. The number of nitro groups is 1. The van der Waals surface area contributed by atoms with Crippen LogP contribution in [0.2, 0.25) is 0 Å². The second-order valence-electron chi connectivity index (χ2n) is 6.51. The molecule has 0 bridgehead atoms. The summed E-state index contributed by atoms with van der Waals surface area (Å²) in [4.78, 5) is 10.2. The Morgan fingerprint density at radius 1 is 0.931 bits per heavy atom. The van der Waals surface area contributed by atoms with Gasteiger partial charge in [0.15, 0.2) is 0 Å². The normalized spacial score (nSPS) is 12.3. The third kappa shape index (κ3) is 5.16. The minimum atomic E-state index is -3.89. The first-order chi connectivity index (χ1) is 13.9. The van der Waals surface area contributed by atoms with Gasteiger partial charge in [0, 0.05) is 12.1 Å². The van der Waals surface area contributed by atoms with Crippen LogP contribution in [0.15, 0.2) is 96.4 Å². The monoisotopic (exact) mass is 408 g/mol. The number of hydrogen-bond donors (Lipinski definition) is 1. The van der Waals surface area contributed by atoms with E-state index < -0.39 is 21.0 Å². The Kier molecular flexibility index (Phi) is 6.21. The van der Waals surface area contributed by atoms with Crippen LogP contribution in [0.3, 0.4) is 0 Å². The van der Waals surface area contributed by atoms with E-state index in [4.69, 9.17) is 0 Å². The first-order valence-electron chi connectivity index (χ1n) is 8.92. The lowest BCUT2D eigenvalue weighted by molar-refractivity contribution is -0.384. The van der Waals surface area contributed by atoms with Gasteiger partial charge in [-0.15, -0.1) is 0 Å². The highest BCUT2D eigenvalue weighted by Gasteiger charge is 2.23. The minimum absolute atomic E-state index is 0.0330. The fourth-order valence-electron chi connectivity index (χ4n) is 2.95. The van der Waals surface area contributed by atoms with Crippen molar-refractivity contribution in [3.8, 4) is 0 Å². The molecular formula is C22H20N2O4S. The molecule has 1 unspecified atom stereocenters. The highest BCUT2D eigenvalue weighted by atomic mass is 32.2. The number of hydrogen-bond acceptors (Lipinski definition) is 4. The maximum atomic E-state index is 12.9. The van der Waals surface area contributed by atoms with Gasteiger partial charge in [0.25, 0.3) is 5.69 Å². The highest BCUT2D eigenvalue weighted by molar-refractivity contribution is 7.89. The average Bonchev–Trinajstić information content (AvgIpc) is 2.74. The van der Waals surface area contributed by atoms with E-state index in [0.717, 1.165) is 16.7 Å². The molecule has 0 aliphatic heterocycles. The van der Waals surface area contributed by atoms with Gasteiger partial charge in [0.1, 0.15) is 0 Å². The number of nitrogens with one attached hydrogen (secondary N) is 1. The maximum absolute atomic E-state index is 12.9. The van der Waals surface area contributed by atoms with Gasteiger partial charge in [0.05, 0.1) is 15.9 Å². The van der Waals surface area contributed by atoms with E-state index in [9.17, 15) is 18.5 Å². The summed E-state index contributed by atoms with van der Waals surface area (Å²) in [7, 11) is -3.89. The van der Waals surface area contributed by atoms with E-state index >= 15 is 0 Å². The summed E-state index contributed by atoms with van der Waals surface area (Å²) in [5, 5.41) is 10.8. The third-order valence-corrected chi connectivity index (χ3v) is 5.98. The molecule has 1 atom stereocenters. The highest BCUT2D eigenvalue weighted by Crippen LogP contribution is 2.28. The molecule has 3 rings (SSSR count). The van der Waals surface area contributed by atoms with Gasteiger partial charge in [-0.2, -0.15) is 0 Å². The van der Waals surface area contributed by atoms with Crippen molar-refractivity contribution in [2.24, 2.45) is 0 Å². The summed E-state index contributed by atoms with van der Waals surface area (Å²) < 4.78 is 28.5. The van der Waals surface area contributed by atoms with Crippen LogP contribution >= 0.6 is 0 Å². The zero-order chi connectivity index (χ0) is 20.9. The molecule has 1 N–H and O–H groups in total. The van der Waals surface area contributed by atoms with Crippen LogP contribution in [-0.4, -0.2) is 13.3 Å². The predicted molar refractivity (Wildman–Crippen MR) is 113 cm³/mol. The largest absolute Gasteiger partial charge is 0.269 e. The average molecular weight is 408 g/mol. The molecular weight excluding hydrogens is 388 g/mol. The van der Waals surface area contributed by atoms with E-state index in [1.807, 2.05) is 60.7 Å². The van der Waals surface area contributed by atoms with E-state index in [-0.39, 0.29) is 10.6 Å². The van der Waals surface area contributed by atoms with Crippen molar-refractivity contribution in [3.63, 3.8) is 0 Å². The van der Waals surface area contributed by atoms with Crippen molar-refractivity contribution in [1.29, 1.82) is 0 Å². The fraction of sp³-hybridized carbons (Fsp3) is 0.0909. The first-order valence-corrected chi connectivity index (χ1v) is 10.4. The number of nitrogens with zero attached hydrogens (tertiary/aromatic N) is 1. The van der Waals surface area contributed by atoms with Crippen molar-refractivity contribution < 1.29 is 13.3 Å². The number of nitro benzene ring substituents is 1. The van der Waals surface area contributed by atoms with Gasteiger partial charge in [0.2, 0.25) is 10.0 Å². The first kappa shape index (κ1) is 20.4. The van der Waals surface area contributed by atoms with Gasteiger partial charge in [-0.25, -0.2) is 13.1 Å². The SMILES string of the molecule is C=C(CC(NS(=O)(=O)c1ccc([N+](=O)[O-])cc1)c1ccccc1)c1ccccc1. The molecule has 0 amide bonds. The van der Waals surface area contributed by atoms with Crippen LogP contribution in [-0.2, 0) is 10.0 Å². The summed E-state index contributed by atoms with van der Waals surface area (Å²) in [6.07, 6.45) is 0.375. The Labute approximate surface area is 169 Å². The lowest BCUT2D eigenvalue weighted by atomic mass is 9.96. The summed E-state index contributed by atoms with van der Waals surface area (Å²) >= 11 is 0. The predicted octanol–water partition coefficient (Wildman–Crippen LogP) is 4.72. The van der Waals surface area contributed by atoms with E-state index in [1.165, 1.54) is 24.3 Å². The fourth-order valence-corrected chi connectivity index (χ4v) is 4.18. The molecule has 29 heavy (non-hydrogen) atoms. The second kappa shape index (κ2) is 8.81. The van der Waals surface area contributed by atoms with Gasteiger partial charge in [-0.3, -0.25) is 10.1 Å². The van der Waals surface area contributed by atoms with Crippen LogP contribution in [0.4, 0.5) is 5.69 Å². The van der Waals surface area contributed by atoms with Crippen molar-refractivity contribution >= 4 is 21.3 Å². The molecule has 0 aliphatic carbocycles. The van der Waals surface area contributed by atoms with Crippen molar-refractivity contribution in [3.05, 3.63) is 113 Å². The quantitative estimate of drug-likeness (QED) is 0.431.